The topological polar surface area (TPSA) is 73.2 Å². The van der Waals surface area contributed by atoms with E-state index in [4.69, 9.17) is 16.3 Å². The average molecular weight is 400 g/mol. The Balaban J connectivity index is 2.04. The molecule has 6 nitrogen and oxygen atoms in total. The monoisotopic (exact) mass is 399 g/mol. The van der Waals surface area contributed by atoms with Crippen molar-refractivity contribution in [3.63, 3.8) is 0 Å². The molecule has 7 heteroatoms. The summed E-state index contributed by atoms with van der Waals surface area (Å²) in [7, 11) is 1.51. The van der Waals surface area contributed by atoms with Gasteiger partial charge in [0, 0.05) is 17.0 Å². The summed E-state index contributed by atoms with van der Waals surface area (Å²) >= 11 is 6.05. The molecule has 1 heterocycles. The molecule has 146 valence electrons. The number of aromatic nitrogens is 2. The number of carbonyl (C=O) groups is 1. The second kappa shape index (κ2) is 8.89. The van der Waals surface area contributed by atoms with Gasteiger partial charge in [-0.1, -0.05) is 49.6 Å². The second-order valence-electron chi connectivity index (χ2n) is 6.43. The SMILES string of the molecule is CCCCCn1nc(C(=O)Nc2cc(Cl)ccc2OC)c2ccccc2c1=O. The number of carbonyl (C=O) groups excluding carboxylic acids is 1. The van der Waals surface area contributed by atoms with E-state index in [9.17, 15) is 9.59 Å². The van der Waals surface area contributed by atoms with Crippen LogP contribution in [0.15, 0.2) is 47.3 Å². The molecule has 0 saturated carbocycles. The van der Waals surface area contributed by atoms with Crippen molar-refractivity contribution >= 4 is 34.0 Å². The molecule has 0 aliphatic rings. The molecule has 0 aliphatic carbocycles. The minimum absolute atomic E-state index is 0.189. The van der Waals surface area contributed by atoms with Gasteiger partial charge in [0.1, 0.15) is 5.75 Å². The highest BCUT2D eigenvalue weighted by atomic mass is 35.5. The molecule has 0 saturated heterocycles. The van der Waals surface area contributed by atoms with Crippen LogP contribution in [-0.4, -0.2) is 22.8 Å². The first-order valence-electron chi connectivity index (χ1n) is 9.20. The maximum absolute atomic E-state index is 13.0. The standard InChI is InChI=1S/C21H22ClN3O3/c1-3-4-7-12-25-21(27)16-9-6-5-8-15(16)19(24-25)20(26)23-17-13-14(22)10-11-18(17)28-2/h5-6,8-11,13H,3-4,7,12H2,1-2H3,(H,23,26). The van der Waals surface area contributed by atoms with Crippen molar-refractivity contribution in [3.8, 4) is 5.75 Å². The first kappa shape index (κ1) is 19.9. The molecular weight excluding hydrogens is 378 g/mol. The van der Waals surface area contributed by atoms with Crippen LogP contribution in [0.25, 0.3) is 10.8 Å². The number of fused-ring (bicyclic) bond motifs is 1. The lowest BCUT2D eigenvalue weighted by Gasteiger charge is -2.13. The zero-order chi connectivity index (χ0) is 20.1. The first-order chi connectivity index (χ1) is 13.5. The summed E-state index contributed by atoms with van der Waals surface area (Å²) in [5.74, 6) is 0.0549. The molecule has 3 aromatic rings. The zero-order valence-electron chi connectivity index (χ0n) is 15.9. The Morgan fingerprint density at radius 2 is 1.93 bits per heavy atom. The predicted molar refractivity (Wildman–Crippen MR) is 111 cm³/mol. The third kappa shape index (κ3) is 4.17. The van der Waals surface area contributed by atoms with Crippen molar-refractivity contribution in [1.29, 1.82) is 0 Å². The molecule has 0 atom stereocenters. The van der Waals surface area contributed by atoms with Crippen molar-refractivity contribution in [3.05, 3.63) is 63.5 Å². The molecule has 0 fully saturated rings. The molecule has 28 heavy (non-hydrogen) atoms. The van der Waals surface area contributed by atoms with Gasteiger partial charge < -0.3 is 10.1 Å². The molecule has 3 rings (SSSR count). The van der Waals surface area contributed by atoms with E-state index in [0.717, 1.165) is 19.3 Å². The summed E-state index contributed by atoms with van der Waals surface area (Å²) in [5.41, 5.74) is 0.437. The number of hydrogen-bond acceptors (Lipinski definition) is 4. The quantitative estimate of drug-likeness (QED) is 0.593. The van der Waals surface area contributed by atoms with Gasteiger partial charge in [-0.2, -0.15) is 5.10 Å². The van der Waals surface area contributed by atoms with Crippen LogP contribution in [0.2, 0.25) is 5.02 Å². The van der Waals surface area contributed by atoms with E-state index in [1.807, 2.05) is 0 Å². The summed E-state index contributed by atoms with van der Waals surface area (Å²) < 4.78 is 6.66. The van der Waals surface area contributed by atoms with Crippen molar-refractivity contribution in [2.45, 2.75) is 32.7 Å². The molecule has 1 N–H and O–H groups in total. The van der Waals surface area contributed by atoms with Crippen LogP contribution < -0.4 is 15.6 Å². The summed E-state index contributed by atoms with van der Waals surface area (Å²) in [5, 5.41) is 8.62. The van der Waals surface area contributed by atoms with Crippen LogP contribution in [0.4, 0.5) is 5.69 Å². The van der Waals surface area contributed by atoms with Gasteiger partial charge in [-0.25, -0.2) is 4.68 Å². The Labute approximate surface area is 168 Å². The van der Waals surface area contributed by atoms with Crippen LogP contribution in [0.3, 0.4) is 0 Å². The van der Waals surface area contributed by atoms with Crippen LogP contribution in [-0.2, 0) is 6.54 Å². The maximum Gasteiger partial charge on any atom is 0.276 e. The average Bonchev–Trinajstić information content (AvgIpc) is 2.70. The maximum atomic E-state index is 13.0. The first-order valence-corrected chi connectivity index (χ1v) is 9.57. The van der Waals surface area contributed by atoms with E-state index in [0.29, 0.717) is 33.8 Å². The molecular formula is C21H22ClN3O3. The van der Waals surface area contributed by atoms with Crippen LogP contribution in [0, 0.1) is 0 Å². The number of hydrogen-bond donors (Lipinski definition) is 1. The molecule has 0 aliphatic heterocycles. The number of amides is 1. The lowest BCUT2D eigenvalue weighted by molar-refractivity contribution is 0.102. The van der Waals surface area contributed by atoms with E-state index in [1.165, 1.54) is 11.8 Å². The van der Waals surface area contributed by atoms with Gasteiger partial charge in [0.25, 0.3) is 11.5 Å². The van der Waals surface area contributed by atoms with E-state index in [1.54, 1.807) is 42.5 Å². The number of benzene rings is 2. The molecule has 0 spiro atoms. The number of methoxy groups -OCH3 is 1. The van der Waals surface area contributed by atoms with Gasteiger partial charge in [-0.15, -0.1) is 0 Å². The van der Waals surface area contributed by atoms with Gasteiger partial charge in [0.15, 0.2) is 5.69 Å². The lowest BCUT2D eigenvalue weighted by atomic mass is 10.1. The summed E-state index contributed by atoms with van der Waals surface area (Å²) in [6.07, 6.45) is 2.84. The highest BCUT2D eigenvalue weighted by molar-refractivity contribution is 6.31. The Bertz CT molecular complexity index is 1060. The van der Waals surface area contributed by atoms with E-state index in [2.05, 4.69) is 17.3 Å². The number of ether oxygens (including phenoxy) is 1. The number of unbranched alkanes of at least 4 members (excludes halogenated alkanes) is 2. The van der Waals surface area contributed by atoms with Crippen molar-refractivity contribution in [2.75, 3.05) is 12.4 Å². The molecule has 0 radical (unpaired) electrons. The lowest BCUT2D eigenvalue weighted by Crippen LogP contribution is -2.27. The van der Waals surface area contributed by atoms with Crippen LogP contribution in [0.5, 0.6) is 5.75 Å². The van der Waals surface area contributed by atoms with E-state index in [-0.39, 0.29) is 11.3 Å². The van der Waals surface area contributed by atoms with Crippen LogP contribution in [0.1, 0.15) is 36.7 Å². The fraction of sp³-hybridized carbons (Fsp3) is 0.286. The third-order valence-electron chi connectivity index (χ3n) is 4.47. The summed E-state index contributed by atoms with van der Waals surface area (Å²) in [6.45, 7) is 2.56. The smallest absolute Gasteiger partial charge is 0.276 e. The molecule has 0 unspecified atom stereocenters. The Morgan fingerprint density at radius 1 is 1.18 bits per heavy atom. The van der Waals surface area contributed by atoms with Gasteiger partial charge in [0.2, 0.25) is 0 Å². The van der Waals surface area contributed by atoms with Gasteiger partial charge in [-0.3, -0.25) is 9.59 Å². The summed E-state index contributed by atoms with van der Waals surface area (Å²) in [6, 6.07) is 12.0. The number of rotatable bonds is 7. The Hall–Kier alpha value is -2.86. The van der Waals surface area contributed by atoms with Crippen molar-refractivity contribution in [2.24, 2.45) is 0 Å². The second-order valence-corrected chi connectivity index (χ2v) is 6.86. The number of halogens is 1. The minimum Gasteiger partial charge on any atom is -0.495 e. The van der Waals surface area contributed by atoms with E-state index >= 15 is 0 Å². The van der Waals surface area contributed by atoms with Gasteiger partial charge in [-0.05, 0) is 30.7 Å². The van der Waals surface area contributed by atoms with Gasteiger partial charge in [0.05, 0.1) is 18.2 Å². The number of nitrogens with zero attached hydrogens (tertiary/aromatic N) is 2. The predicted octanol–water partition coefficient (Wildman–Crippen LogP) is 4.50. The Morgan fingerprint density at radius 3 is 2.64 bits per heavy atom. The highest BCUT2D eigenvalue weighted by Crippen LogP contribution is 2.28. The number of aryl methyl sites for hydroxylation is 1. The molecule has 2 aromatic carbocycles. The molecule has 1 aromatic heterocycles. The molecule has 0 bridgehead atoms. The largest absolute Gasteiger partial charge is 0.495 e. The fourth-order valence-electron chi connectivity index (χ4n) is 3.03. The van der Waals surface area contributed by atoms with E-state index < -0.39 is 5.91 Å². The normalized spacial score (nSPS) is 10.8. The van der Waals surface area contributed by atoms with Gasteiger partial charge >= 0.3 is 0 Å². The summed E-state index contributed by atoms with van der Waals surface area (Å²) in [4.78, 5) is 25.7. The molecule has 1 amide bonds. The Kier molecular flexibility index (Phi) is 6.31. The van der Waals surface area contributed by atoms with Crippen molar-refractivity contribution in [1.82, 2.24) is 9.78 Å². The number of nitrogens with one attached hydrogen (secondary N) is 1. The third-order valence-corrected chi connectivity index (χ3v) is 4.70. The van der Waals surface area contributed by atoms with Crippen LogP contribution >= 0.6 is 11.6 Å². The number of anilines is 1. The fourth-order valence-corrected chi connectivity index (χ4v) is 3.20. The highest BCUT2D eigenvalue weighted by Gasteiger charge is 2.18. The zero-order valence-corrected chi connectivity index (χ0v) is 16.6. The van der Waals surface area contributed by atoms with Crippen molar-refractivity contribution < 1.29 is 9.53 Å². The minimum atomic E-state index is -0.430.